The number of nitrogens with zero attached hydrogens (tertiary/aromatic N) is 3. The number of hydrogen-bond donors (Lipinski definition) is 1. The van der Waals surface area contributed by atoms with Crippen LogP contribution in [0.3, 0.4) is 0 Å². The Kier molecular flexibility index (Phi) is 3.70. The van der Waals surface area contributed by atoms with Gasteiger partial charge in [0.05, 0.1) is 16.2 Å². The lowest BCUT2D eigenvalue weighted by molar-refractivity contribution is 0.391. The second-order valence-corrected chi connectivity index (χ2v) is 6.52. The summed E-state index contributed by atoms with van der Waals surface area (Å²) in [6.45, 7) is 2.04. The SMILES string of the molecule is Cc1ccc(-c2noc(CSc3cnc(N)s3)n2)cc1. The van der Waals surface area contributed by atoms with Gasteiger partial charge in [-0.15, -0.1) is 11.8 Å². The van der Waals surface area contributed by atoms with Gasteiger partial charge in [-0.05, 0) is 6.92 Å². The molecular formula is C13H12N4OS2. The Bertz CT molecular complexity index is 705. The van der Waals surface area contributed by atoms with E-state index in [1.165, 1.54) is 16.9 Å². The predicted molar refractivity (Wildman–Crippen MR) is 80.6 cm³/mol. The molecule has 0 saturated heterocycles. The predicted octanol–water partition coefficient (Wildman–Crippen LogP) is 3.38. The molecule has 7 heteroatoms. The molecule has 3 rings (SSSR count). The number of anilines is 1. The van der Waals surface area contributed by atoms with Gasteiger partial charge < -0.3 is 10.3 Å². The van der Waals surface area contributed by atoms with E-state index in [0.29, 0.717) is 22.6 Å². The first-order chi connectivity index (χ1) is 9.70. The Balaban J connectivity index is 1.69. The molecule has 0 atom stereocenters. The molecule has 0 radical (unpaired) electrons. The average Bonchev–Trinajstić information content (AvgIpc) is 3.06. The molecule has 0 fully saturated rings. The van der Waals surface area contributed by atoms with Crippen LogP contribution in [-0.2, 0) is 5.75 Å². The maximum absolute atomic E-state index is 5.58. The first-order valence-corrected chi connectivity index (χ1v) is 7.74. The van der Waals surface area contributed by atoms with Crippen molar-refractivity contribution in [3.8, 4) is 11.4 Å². The van der Waals surface area contributed by atoms with Gasteiger partial charge in [0.1, 0.15) is 0 Å². The molecule has 102 valence electrons. The largest absolute Gasteiger partial charge is 0.375 e. The summed E-state index contributed by atoms with van der Waals surface area (Å²) in [4.78, 5) is 8.39. The lowest BCUT2D eigenvalue weighted by Crippen LogP contribution is -1.82. The van der Waals surface area contributed by atoms with E-state index in [-0.39, 0.29) is 0 Å². The van der Waals surface area contributed by atoms with Gasteiger partial charge in [0.2, 0.25) is 11.7 Å². The summed E-state index contributed by atoms with van der Waals surface area (Å²) in [6.07, 6.45) is 1.75. The fourth-order valence-corrected chi connectivity index (χ4v) is 3.20. The number of benzene rings is 1. The van der Waals surface area contributed by atoms with E-state index < -0.39 is 0 Å². The zero-order chi connectivity index (χ0) is 13.9. The summed E-state index contributed by atoms with van der Waals surface area (Å²) in [5.41, 5.74) is 7.74. The summed E-state index contributed by atoms with van der Waals surface area (Å²) in [7, 11) is 0. The smallest absolute Gasteiger partial charge is 0.237 e. The Morgan fingerprint density at radius 1 is 1.30 bits per heavy atom. The number of hydrogen-bond acceptors (Lipinski definition) is 7. The Morgan fingerprint density at radius 3 is 2.80 bits per heavy atom. The number of rotatable bonds is 4. The highest BCUT2D eigenvalue weighted by molar-refractivity contribution is 8.00. The number of nitrogens with two attached hydrogens (primary N) is 1. The molecule has 2 heterocycles. The van der Waals surface area contributed by atoms with Crippen molar-refractivity contribution in [1.29, 1.82) is 0 Å². The third kappa shape index (κ3) is 3.00. The van der Waals surface area contributed by atoms with Gasteiger partial charge in [-0.2, -0.15) is 4.98 Å². The Hall–Kier alpha value is -1.86. The van der Waals surface area contributed by atoms with Gasteiger partial charge in [-0.1, -0.05) is 46.3 Å². The van der Waals surface area contributed by atoms with Crippen molar-refractivity contribution in [2.75, 3.05) is 5.73 Å². The van der Waals surface area contributed by atoms with Crippen LogP contribution < -0.4 is 5.73 Å². The van der Waals surface area contributed by atoms with Crippen molar-refractivity contribution in [3.63, 3.8) is 0 Å². The van der Waals surface area contributed by atoms with Crippen LogP contribution >= 0.6 is 23.1 Å². The first kappa shape index (κ1) is 13.1. The van der Waals surface area contributed by atoms with Crippen LogP contribution in [0.25, 0.3) is 11.4 Å². The molecule has 0 bridgehead atoms. The summed E-state index contributed by atoms with van der Waals surface area (Å²) in [6, 6.07) is 8.03. The lowest BCUT2D eigenvalue weighted by Gasteiger charge is -1.94. The van der Waals surface area contributed by atoms with Gasteiger partial charge >= 0.3 is 0 Å². The van der Waals surface area contributed by atoms with Crippen molar-refractivity contribution < 1.29 is 4.52 Å². The van der Waals surface area contributed by atoms with Crippen LogP contribution in [0.2, 0.25) is 0 Å². The van der Waals surface area contributed by atoms with Crippen LogP contribution in [0.4, 0.5) is 5.13 Å². The second-order valence-electron chi connectivity index (χ2n) is 4.18. The fraction of sp³-hybridized carbons (Fsp3) is 0.154. The van der Waals surface area contributed by atoms with Crippen molar-refractivity contribution in [2.45, 2.75) is 16.9 Å². The molecular weight excluding hydrogens is 292 g/mol. The quantitative estimate of drug-likeness (QED) is 0.744. The molecule has 0 aliphatic rings. The maximum atomic E-state index is 5.58. The summed E-state index contributed by atoms with van der Waals surface area (Å²) >= 11 is 3.04. The van der Waals surface area contributed by atoms with E-state index in [9.17, 15) is 0 Å². The van der Waals surface area contributed by atoms with Crippen LogP contribution in [0, 0.1) is 6.92 Å². The van der Waals surface area contributed by atoms with Crippen molar-refractivity contribution in [1.82, 2.24) is 15.1 Å². The number of aryl methyl sites for hydroxylation is 1. The molecule has 0 unspecified atom stereocenters. The number of aromatic nitrogens is 3. The summed E-state index contributed by atoms with van der Waals surface area (Å²) in [5.74, 6) is 1.82. The molecule has 0 aliphatic heterocycles. The first-order valence-electron chi connectivity index (χ1n) is 5.94. The highest BCUT2D eigenvalue weighted by Gasteiger charge is 2.09. The molecule has 0 aliphatic carbocycles. The molecule has 5 nitrogen and oxygen atoms in total. The monoisotopic (exact) mass is 304 g/mol. The van der Waals surface area contributed by atoms with Crippen molar-refractivity contribution >= 4 is 28.2 Å². The van der Waals surface area contributed by atoms with Gasteiger partial charge in [-0.3, -0.25) is 0 Å². The molecule has 1 aromatic carbocycles. The number of thiazole rings is 1. The Morgan fingerprint density at radius 2 is 2.10 bits per heavy atom. The molecule has 0 amide bonds. The maximum Gasteiger partial charge on any atom is 0.237 e. The van der Waals surface area contributed by atoms with Gasteiger partial charge in [0, 0.05) is 5.56 Å². The Labute approximate surface area is 124 Å². The molecule has 0 spiro atoms. The van der Waals surface area contributed by atoms with E-state index in [1.807, 2.05) is 31.2 Å². The van der Waals surface area contributed by atoms with E-state index in [4.69, 9.17) is 10.3 Å². The van der Waals surface area contributed by atoms with Crippen molar-refractivity contribution in [2.24, 2.45) is 0 Å². The van der Waals surface area contributed by atoms with Crippen LogP contribution in [0.15, 0.2) is 39.2 Å². The standard InChI is InChI=1S/C13H12N4OS2/c1-8-2-4-9(5-3-8)12-16-10(18-17-12)7-19-11-6-15-13(14)20-11/h2-6H,7H2,1H3,(H2,14,15). The normalized spacial score (nSPS) is 10.8. The van der Waals surface area contributed by atoms with E-state index in [1.54, 1.807) is 18.0 Å². The second kappa shape index (κ2) is 5.64. The summed E-state index contributed by atoms with van der Waals surface area (Å²) in [5, 5.41) is 4.57. The zero-order valence-electron chi connectivity index (χ0n) is 10.7. The molecule has 0 saturated carbocycles. The highest BCUT2D eigenvalue weighted by atomic mass is 32.2. The van der Waals surface area contributed by atoms with Gasteiger partial charge in [0.15, 0.2) is 5.13 Å². The highest BCUT2D eigenvalue weighted by Crippen LogP contribution is 2.29. The number of thioether (sulfide) groups is 1. The van der Waals surface area contributed by atoms with Crippen LogP contribution in [0.5, 0.6) is 0 Å². The molecule has 3 aromatic rings. The topological polar surface area (TPSA) is 77.8 Å². The lowest BCUT2D eigenvalue weighted by atomic mass is 10.1. The van der Waals surface area contributed by atoms with E-state index >= 15 is 0 Å². The fourth-order valence-electron chi connectivity index (χ4n) is 1.61. The average molecular weight is 304 g/mol. The van der Waals surface area contributed by atoms with Crippen molar-refractivity contribution in [3.05, 3.63) is 41.9 Å². The van der Waals surface area contributed by atoms with Crippen LogP contribution in [-0.4, -0.2) is 15.1 Å². The minimum atomic E-state index is 0.568. The van der Waals surface area contributed by atoms with E-state index in [2.05, 4.69) is 15.1 Å². The third-order valence-corrected chi connectivity index (χ3v) is 4.62. The van der Waals surface area contributed by atoms with Gasteiger partial charge in [0.25, 0.3) is 0 Å². The number of nitrogen functional groups attached to an aromatic ring is 1. The van der Waals surface area contributed by atoms with Crippen LogP contribution in [0.1, 0.15) is 11.5 Å². The zero-order valence-corrected chi connectivity index (χ0v) is 12.4. The molecule has 2 N–H and O–H groups in total. The van der Waals surface area contributed by atoms with Gasteiger partial charge in [-0.25, -0.2) is 4.98 Å². The third-order valence-electron chi connectivity index (χ3n) is 2.62. The minimum Gasteiger partial charge on any atom is -0.375 e. The van der Waals surface area contributed by atoms with E-state index in [0.717, 1.165) is 9.77 Å². The summed E-state index contributed by atoms with van der Waals surface area (Å²) < 4.78 is 6.29. The minimum absolute atomic E-state index is 0.568. The molecule has 20 heavy (non-hydrogen) atoms. The molecule has 2 aromatic heterocycles.